The van der Waals surface area contributed by atoms with Gasteiger partial charge in [-0.25, -0.2) is 4.79 Å². The number of carbonyl (C=O) groups is 2. The van der Waals surface area contributed by atoms with Crippen molar-refractivity contribution in [1.29, 1.82) is 0 Å². The number of nitrogens with one attached hydrogen (secondary N) is 1. The Kier molecular flexibility index (Phi) is 4.73. The number of hydrogen-bond donors (Lipinski definition) is 2. The molecule has 92 valence electrons. The van der Waals surface area contributed by atoms with E-state index in [1.54, 1.807) is 0 Å². The van der Waals surface area contributed by atoms with Crippen LogP contribution in [-0.4, -0.2) is 36.2 Å². The zero-order valence-corrected chi connectivity index (χ0v) is 9.73. The minimum Gasteiger partial charge on any atom is -0.480 e. The van der Waals surface area contributed by atoms with E-state index in [1.165, 1.54) is 0 Å². The first-order valence-corrected chi connectivity index (χ1v) is 5.67. The van der Waals surface area contributed by atoms with Crippen molar-refractivity contribution in [1.82, 2.24) is 5.32 Å². The first-order chi connectivity index (χ1) is 7.56. The molecular formula is C11H19NO4. The third-order valence-corrected chi connectivity index (χ3v) is 3.08. The number of carbonyl (C=O) groups excluding carboxylic acids is 1. The highest BCUT2D eigenvalue weighted by molar-refractivity contribution is 5.85. The average Bonchev–Trinajstić information content (AvgIpc) is 2.77. The third-order valence-electron chi connectivity index (χ3n) is 3.08. The summed E-state index contributed by atoms with van der Waals surface area (Å²) in [7, 11) is 0. The van der Waals surface area contributed by atoms with Crippen molar-refractivity contribution in [3.63, 3.8) is 0 Å². The van der Waals surface area contributed by atoms with E-state index in [1.807, 2.05) is 13.8 Å². The van der Waals surface area contributed by atoms with Crippen LogP contribution in [0.3, 0.4) is 0 Å². The fourth-order valence-corrected chi connectivity index (χ4v) is 1.70. The predicted molar refractivity (Wildman–Crippen MR) is 57.9 cm³/mol. The molecule has 3 atom stereocenters. The molecule has 0 aromatic rings. The number of hydrogen-bond acceptors (Lipinski definition) is 3. The molecule has 5 heteroatoms. The Morgan fingerprint density at radius 2 is 2.25 bits per heavy atom. The minimum absolute atomic E-state index is 0.0660. The summed E-state index contributed by atoms with van der Waals surface area (Å²) in [6.45, 7) is 4.72. The van der Waals surface area contributed by atoms with Crippen molar-refractivity contribution in [3.8, 4) is 0 Å². The van der Waals surface area contributed by atoms with E-state index in [4.69, 9.17) is 9.84 Å². The largest absolute Gasteiger partial charge is 0.480 e. The summed E-state index contributed by atoms with van der Waals surface area (Å²) in [5, 5.41) is 11.6. The molecule has 0 aromatic carbocycles. The molecule has 0 bridgehead atoms. The zero-order valence-electron chi connectivity index (χ0n) is 9.73. The summed E-state index contributed by atoms with van der Waals surface area (Å²) >= 11 is 0. The molecule has 0 spiro atoms. The number of ether oxygens (including phenoxy) is 1. The van der Waals surface area contributed by atoms with E-state index in [0.717, 1.165) is 6.42 Å². The van der Waals surface area contributed by atoms with Crippen LogP contribution in [0.4, 0.5) is 0 Å². The molecule has 1 amide bonds. The van der Waals surface area contributed by atoms with Gasteiger partial charge in [-0.05, 0) is 12.3 Å². The van der Waals surface area contributed by atoms with Gasteiger partial charge in [-0.3, -0.25) is 4.79 Å². The summed E-state index contributed by atoms with van der Waals surface area (Å²) in [5.41, 5.74) is 0. The highest BCUT2D eigenvalue weighted by Crippen LogP contribution is 2.14. The second kappa shape index (κ2) is 5.84. The van der Waals surface area contributed by atoms with Crippen LogP contribution in [0.2, 0.25) is 0 Å². The Labute approximate surface area is 95.2 Å². The van der Waals surface area contributed by atoms with Gasteiger partial charge in [-0.2, -0.15) is 0 Å². The predicted octanol–water partition coefficient (Wildman–Crippen LogP) is 0.638. The van der Waals surface area contributed by atoms with Crippen LogP contribution in [0.5, 0.6) is 0 Å². The van der Waals surface area contributed by atoms with Crippen molar-refractivity contribution in [3.05, 3.63) is 0 Å². The first kappa shape index (κ1) is 13.0. The molecule has 0 aliphatic carbocycles. The fraction of sp³-hybridized carbons (Fsp3) is 0.818. The molecule has 1 heterocycles. The SMILES string of the molecule is CC[C@@H](C)[C@H](NC(=O)[C@H]1CCOC1)C(=O)O. The topological polar surface area (TPSA) is 75.6 Å². The number of aliphatic carboxylic acids is 1. The van der Waals surface area contributed by atoms with E-state index in [-0.39, 0.29) is 17.7 Å². The molecule has 0 saturated carbocycles. The maximum atomic E-state index is 11.7. The maximum absolute atomic E-state index is 11.7. The van der Waals surface area contributed by atoms with Gasteiger partial charge in [-0.1, -0.05) is 20.3 Å². The van der Waals surface area contributed by atoms with Crippen molar-refractivity contribution in [2.24, 2.45) is 11.8 Å². The number of carboxylic acids is 1. The molecule has 1 rings (SSSR count). The number of amides is 1. The highest BCUT2D eigenvalue weighted by atomic mass is 16.5. The number of carboxylic acid groups (broad SMARTS) is 1. The van der Waals surface area contributed by atoms with Crippen molar-refractivity contribution < 1.29 is 19.4 Å². The van der Waals surface area contributed by atoms with E-state index in [2.05, 4.69) is 5.32 Å². The second-order valence-electron chi connectivity index (χ2n) is 4.27. The lowest BCUT2D eigenvalue weighted by atomic mass is 9.98. The molecule has 0 aromatic heterocycles. The van der Waals surface area contributed by atoms with Gasteiger partial charge in [-0.15, -0.1) is 0 Å². The van der Waals surface area contributed by atoms with Gasteiger partial charge in [0, 0.05) is 6.61 Å². The lowest BCUT2D eigenvalue weighted by Crippen LogP contribution is -2.47. The summed E-state index contributed by atoms with van der Waals surface area (Å²) < 4.78 is 5.10. The average molecular weight is 229 g/mol. The molecule has 1 aliphatic rings. The molecule has 16 heavy (non-hydrogen) atoms. The van der Waals surface area contributed by atoms with Gasteiger partial charge in [0.2, 0.25) is 5.91 Å². The van der Waals surface area contributed by atoms with Crippen LogP contribution in [0.15, 0.2) is 0 Å². The van der Waals surface area contributed by atoms with Crippen LogP contribution in [0, 0.1) is 11.8 Å². The lowest BCUT2D eigenvalue weighted by Gasteiger charge is -2.21. The Morgan fingerprint density at radius 3 is 2.69 bits per heavy atom. The maximum Gasteiger partial charge on any atom is 0.326 e. The Hall–Kier alpha value is -1.10. The van der Waals surface area contributed by atoms with Gasteiger partial charge < -0.3 is 15.2 Å². The molecule has 0 unspecified atom stereocenters. The Morgan fingerprint density at radius 1 is 1.56 bits per heavy atom. The van der Waals surface area contributed by atoms with E-state index < -0.39 is 12.0 Å². The summed E-state index contributed by atoms with van der Waals surface area (Å²) in [5.74, 6) is -1.43. The smallest absolute Gasteiger partial charge is 0.326 e. The molecular weight excluding hydrogens is 210 g/mol. The van der Waals surface area contributed by atoms with Crippen LogP contribution in [0.25, 0.3) is 0 Å². The van der Waals surface area contributed by atoms with Gasteiger partial charge >= 0.3 is 5.97 Å². The Balaban J connectivity index is 2.53. The molecule has 1 aliphatic heterocycles. The highest BCUT2D eigenvalue weighted by Gasteiger charge is 2.30. The summed E-state index contributed by atoms with van der Waals surface area (Å²) in [4.78, 5) is 22.7. The van der Waals surface area contributed by atoms with Gasteiger partial charge in [0.05, 0.1) is 12.5 Å². The normalized spacial score (nSPS) is 23.8. The molecule has 0 radical (unpaired) electrons. The molecule has 1 saturated heterocycles. The fourth-order valence-electron chi connectivity index (χ4n) is 1.70. The quantitative estimate of drug-likeness (QED) is 0.725. The van der Waals surface area contributed by atoms with Crippen LogP contribution >= 0.6 is 0 Å². The van der Waals surface area contributed by atoms with Crippen LogP contribution < -0.4 is 5.32 Å². The van der Waals surface area contributed by atoms with Gasteiger partial charge in [0.25, 0.3) is 0 Å². The minimum atomic E-state index is -0.971. The molecule has 1 fully saturated rings. The third kappa shape index (κ3) is 3.20. The van der Waals surface area contributed by atoms with Crippen molar-refractivity contribution in [2.45, 2.75) is 32.7 Å². The monoisotopic (exact) mass is 229 g/mol. The molecule has 5 nitrogen and oxygen atoms in total. The van der Waals surface area contributed by atoms with E-state index in [0.29, 0.717) is 19.6 Å². The lowest BCUT2D eigenvalue weighted by molar-refractivity contribution is -0.144. The zero-order chi connectivity index (χ0) is 12.1. The number of rotatable bonds is 5. The van der Waals surface area contributed by atoms with Crippen LogP contribution in [-0.2, 0) is 14.3 Å². The van der Waals surface area contributed by atoms with Crippen molar-refractivity contribution >= 4 is 11.9 Å². The van der Waals surface area contributed by atoms with E-state index >= 15 is 0 Å². The summed E-state index contributed by atoms with van der Waals surface area (Å²) in [6.07, 6.45) is 1.40. The van der Waals surface area contributed by atoms with Crippen molar-refractivity contribution in [2.75, 3.05) is 13.2 Å². The summed E-state index contributed by atoms with van der Waals surface area (Å²) in [6, 6.07) is -0.793. The second-order valence-corrected chi connectivity index (χ2v) is 4.27. The standard InChI is InChI=1S/C11H19NO4/c1-3-7(2)9(11(14)15)12-10(13)8-4-5-16-6-8/h7-9H,3-6H2,1-2H3,(H,12,13)(H,14,15)/t7-,8+,9+/m1/s1. The Bertz CT molecular complexity index is 261. The van der Waals surface area contributed by atoms with Crippen LogP contribution in [0.1, 0.15) is 26.7 Å². The van der Waals surface area contributed by atoms with E-state index in [9.17, 15) is 9.59 Å². The first-order valence-electron chi connectivity index (χ1n) is 5.67. The van der Waals surface area contributed by atoms with Gasteiger partial charge in [0.1, 0.15) is 6.04 Å². The van der Waals surface area contributed by atoms with Gasteiger partial charge in [0.15, 0.2) is 0 Å². The molecule has 2 N–H and O–H groups in total.